The molecule has 4 aliphatic rings. The van der Waals surface area contributed by atoms with Gasteiger partial charge in [0.2, 0.25) is 26.2 Å². The van der Waals surface area contributed by atoms with Gasteiger partial charge in [0.15, 0.2) is 0 Å². The lowest BCUT2D eigenvalue weighted by molar-refractivity contribution is -0.309. The molecule has 15 nitrogen and oxygen atoms in total. The fourth-order valence-corrected chi connectivity index (χ4v) is 9.68. The molecule has 29 heteroatoms. The van der Waals surface area contributed by atoms with E-state index in [2.05, 4.69) is 59.3 Å². The SMILES string of the molecule is Cc1ccc(CN2CCN(C(=O)OC(C(F)(F)F)C(F)(F)F)CC2)c(N2CC[C@@H](NS(C)(=O)=O)C2)c1.Cc1ccc(CN2CCNCC2)c(N2CC[C@@H](NS(C)(=O)=O)C2)c1.OC(C(F)(F)F)C(F)(F)F. The highest BCUT2D eigenvalue weighted by atomic mass is 32.2. The Morgan fingerprint density at radius 2 is 1.03 bits per heavy atom. The van der Waals surface area contributed by atoms with E-state index < -0.39 is 63.1 Å². The van der Waals surface area contributed by atoms with Crippen molar-refractivity contribution in [2.75, 3.05) is 101 Å². The standard InChI is InChI=1S/C21H28F6N4O4S.C17H28N4O2S.C3H2F6O/c1-14-3-4-15(17(11-14)31-6-5-16(13-31)28-36(2,33)34)12-29-7-9-30(10-8-29)19(32)35-18(20(22,23)24)21(25,26)27;1-14-3-4-15(12-20-9-6-18-7-10-20)17(11-14)21-8-5-16(13-21)19-24(2,22)23;4-2(5,6)1(10)3(7,8)9/h3-4,11,16,18,28H,5-10,12-13H2,1-2H3;3-4,11,16,18-19H,5-10,12-13H2,1-2H3;1,10H/t2*16-;/m11./s1. The number of benzene rings is 2. The van der Waals surface area contributed by atoms with Crippen molar-refractivity contribution in [1.29, 1.82) is 0 Å². The molecule has 0 bridgehead atoms. The lowest BCUT2D eigenvalue weighted by Gasteiger charge is -2.36. The zero-order valence-corrected chi connectivity index (χ0v) is 40.2. The topological polar surface area (TPSA) is 167 Å². The summed E-state index contributed by atoms with van der Waals surface area (Å²) >= 11 is 0. The second-order valence-corrected chi connectivity index (χ2v) is 21.1. The van der Waals surface area contributed by atoms with Gasteiger partial charge in [-0.25, -0.2) is 31.1 Å². The predicted octanol–water partition coefficient (Wildman–Crippen LogP) is 4.87. The van der Waals surface area contributed by atoms with Crippen molar-refractivity contribution in [2.24, 2.45) is 0 Å². The number of aliphatic hydroxyl groups is 1. The lowest BCUT2D eigenvalue weighted by Crippen LogP contribution is -2.52. The first-order valence-electron chi connectivity index (χ1n) is 21.8. The summed E-state index contributed by atoms with van der Waals surface area (Å²) < 4.78 is 197. The Bertz CT molecular complexity index is 2230. The fourth-order valence-electron chi connectivity index (χ4n) is 8.08. The van der Waals surface area contributed by atoms with Crippen LogP contribution in [0, 0.1) is 13.8 Å². The number of alkyl halides is 12. The molecule has 0 aliphatic carbocycles. The van der Waals surface area contributed by atoms with E-state index in [-0.39, 0.29) is 38.3 Å². The van der Waals surface area contributed by atoms with Crippen molar-refractivity contribution < 1.29 is 84.2 Å². The number of rotatable bonds is 11. The fraction of sp³-hybridized carbons (Fsp3) is 0.683. The van der Waals surface area contributed by atoms with Crippen LogP contribution in [0.3, 0.4) is 0 Å². The lowest BCUT2D eigenvalue weighted by atomic mass is 10.1. The number of nitrogens with one attached hydrogen (secondary N) is 3. The number of carbonyl (C=O) groups excluding carboxylic acids is 1. The van der Waals surface area contributed by atoms with Crippen LogP contribution in [-0.4, -0.2) is 183 Å². The van der Waals surface area contributed by atoms with Gasteiger partial charge in [-0.2, -0.15) is 52.7 Å². The Labute approximate surface area is 398 Å². The highest BCUT2D eigenvalue weighted by Crippen LogP contribution is 2.37. The van der Waals surface area contributed by atoms with E-state index in [4.69, 9.17) is 5.11 Å². The summed E-state index contributed by atoms with van der Waals surface area (Å²) in [7, 11) is -6.49. The second-order valence-electron chi connectivity index (χ2n) is 17.5. The van der Waals surface area contributed by atoms with Gasteiger partial charge in [0.05, 0.1) is 12.5 Å². The molecule has 70 heavy (non-hydrogen) atoms. The maximum Gasteiger partial charge on any atom is 0.434 e. The predicted molar refractivity (Wildman–Crippen MR) is 235 cm³/mol. The molecular weight excluding hydrogens is 1010 g/mol. The number of amides is 1. The number of halogens is 12. The van der Waals surface area contributed by atoms with Gasteiger partial charge in [0.1, 0.15) is 0 Å². The van der Waals surface area contributed by atoms with Gasteiger partial charge < -0.3 is 29.9 Å². The molecule has 4 N–H and O–H groups in total. The zero-order valence-electron chi connectivity index (χ0n) is 38.6. The number of hydrogen-bond acceptors (Lipinski definition) is 12. The quantitative estimate of drug-likeness (QED) is 0.226. The second kappa shape index (κ2) is 23.8. The van der Waals surface area contributed by atoms with E-state index in [1.54, 1.807) is 0 Å². The molecule has 400 valence electrons. The summed E-state index contributed by atoms with van der Waals surface area (Å²) in [6.45, 7) is 12.7. The molecule has 0 saturated carbocycles. The van der Waals surface area contributed by atoms with Crippen LogP contribution in [-0.2, 0) is 37.9 Å². The van der Waals surface area contributed by atoms with Crippen LogP contribution in [0.15, 0.2) is 36.4 Å². The molecular formula is C41H58F12N8O7S2. The first-order valence-corrected chi connectivity index (χ1v) is 25.6. The summed E-state index contributed by atoms with van der Waals surface area (Å²) in [5, 5.41) is 10.9. The monoisotopic (exact) mass is 1070 g/mol. The minimum absolute atomic E-state index is 0.00699. The molecule has 0 spiro atoms. The first kappa shape index (κ1) is 58.7. The molecule has 2 aromatic rings. The molecule has 4 aliphatic heterocycles. The Kier molecular flexibility index (Phi) is 19.9. The van der Waals surface area contributed by atoms with E-state index in [1.807, 2.05) is 30.0 Å². The summed E-state index contributed by atoms with van der Waals surface area (Å²) in [6.07, 6.45) is -29.0. The molecule has 2 atom stereocenters. The minimum Gasteiger partial charge on any atom is -0.426 e. The van der Waals surface area contributed by atoms with Gasteiger partial charge in [-0.05, 0) is 61.1 Å². The summed E-state index contributed by atoms with van der Waals surface area (Å²) in [5.74, 6) is 0. The van der Waals surface area contributed by atoms with E-state index in [9.17, 15) is 74.3 Å². The van der Waals surface area contributed by atoms with Crippen LogP contribution in [0.1, 0.15) is 35.1 Å². The maximum absolute atomic E-state index is 12.7. The molecule has 4 fully saturated rings. The van der Waals surface area contributed by atoms with Crippen molar-refractivity contribution in [3.05, 3.63) is 58.7 Å². The Balaban J connectivity index is 0.000000268. The van der Waals surface area contributed by atoms with Crippen molar-refractivity contribution in [3.8, 4) is 0 Å². The van der Waals surface area contributed by atoms with Crippen LogP contribution in [0.5, 0.6) is 0 Å². The van der Waals surface area contributed by atoms with Crippen LogP contribution in [0.4, 0.5) is 68.9 Å². The molecule has 0 unspecified atom stereocenters. The van der Waals surface area contributed by atoms with Gasteiger partial charge in [-0.1, -0.05) is 24.3 Å². The number of nitrogens with zero attached hydrogens (tertiary/aromatic N) is 5. The summed E-state index contributed by atoms with van der Waals surface area (Å²) in [5.41, 5.74) is 6.70. The first-order chi connectivity index (χ1) is 32.1. The molecule has 6 rings (SSSR count). The number of hydrogen-bond donors (Lipinski definition) is 4. The number of piperazine rings is 2. The van der Waals surface area contributed by atoms with E-state index in [0.717, 1.165) is 80.2 Å². The molecule has 1 amide bonds. The average molecular weight is 1070 g/mol. The number of anilines is 2. The largest absolute Gasteiger partial charge is 0.434 e. The summed E-state index contributed by atoms with van der Waals surface area (Å²) in [4.78, 5) is 21.6. The average Bonchev–Trinajstić information content (AvgIpc) is 3.88. The van der Waals surface area contributed by atoms with Gasteiger partial charge in [0, 0.05) is 115 Å². The van der Waals surface area contributed by atoms with Crippen LogP contribution < -0.4 is 24.6 Å². The third kappa shape index (κ3) is 19.0. The van der Waals surface area contributed by atoms with E-state index in [1.165, 1.54) is 23.1 Å². The third-order valence-corrected chi connectivity index (χ3v) is 12.9. The number of sulfonamides is 2. The summed E-state index contributed by atoms with van der Waals surface area (Å²) in [6, 6.07) is 12.3. The highest BCUT2D eigenvalue weighted by Gasteiger charge is 2.60. The molecule has 4 heterocycles. The maximum atomic E-state index is 12.7. The number of aliphatic hydroxyl groups excluding tert-OH is 1. The van der Waals surface area contributed by atoms with Gasteiger partial charge in [0.25, 0.3) is 6.10 Å². The van der Waals surface area contributed by atoms with Crippen molar-refractivity contribution in [3.63, 3.8) is 0 Å². The molecule has 0 aromatic heterocycles. The smallest absolute Gasteiger partial charge is 0.426 e. The van der Waals surface area contributed by atoms with E-state index in [0.29, 0.717) is 26.1 Å². The van der Waals surface area contributed by atoms with Crippen LogP contribution >= 0.6 is 0 Å². The third-order valence-electron chi connectivity index (χ3n) is 11.4. The number of carbonyl (C=O) groups is 1. The highest BCUT2D eigenvalue weighted by molar-refractivity contribution is 7.89. The minimum atomic E-state index is -5.76. The van der Waals surface area contributed by atoms with Gasteiger partial charge in [-0.15, -0.1) is 0 Å². The van der Waals surface area contributed by atoms with E-state index >= 15 is 0 Å². The van der Waals surface area contributed by atoms with Gasteiger partial charge >= 0.3 is 30.8 Å². The Morgan fingerprint density at radius 3 is 1.37 bits per heavy atom. The molecule has 2 aromatic carbocycles. The Hall–Kier alpha value is -3.87. The molecule has 0 radical (unpaired) electrons. The van der Waals surface area contributed by atoms with Gasteiger partial charge in [-0.3, -0.25) is 9.80 Å². The number of ether oxygens (including phenoxy) is 1. The molecule has 4 saturated heterocycles. The van der Waals surface area contributed by atoms with Crippen LogP contribution in [0.25, 0.3) is 0 Å². The van der Waals surface area contributed by atoms with Crippen LogP contribution in [0.2, 0.25) is 0 Å². The Morgan fingerprint density at radius 1 is 0.643 bits per heavy atom. The van der Waals surface area contributed by atoms with Crippen molar-refractivity contribution >= 4 is 37.5 Å². The van der Waals surface area contributed by atoms with Crippen molar-refractivity contribution in [2.45, 2.75) is 88.8 Å². The number of aryl methyl sites for hydroxylation is 2. The normalized spacial score (nSPS) is 20.4. The van der Waals surface area contributed by atoms with Crippen molar-refractivity contribution in [1.82, 2.24) is 29.5 Å². The zero-order chi connectivity index (χ0) is 52.6.